The summed E-state index contributed by atoms with van der Waals surface area (Å²) >= 11 is 0. The monoisotopic (exact) mass is 831 g/mol. The molecule has 58 heavy (non-hydrogen) atoms. The molecule has 8 heteroatoms. The Hall–Kier alpha value is -0.770. The van der Waals surface area contributed by atoms with Gasteiger partial charge < -0.3 is 34.9 Å². The van der Waals surface area contributed by atoms with E-state index in [0.717, 1.165) is 64.8 Å². The van der Waals surface area contributed by atoms with Crippen molar-refractivity contribution in [1.82, 2.24) is 29.8 Å². The summed E-state index contributed by atoms with van der Waals surface area (Å²) in [7, 11) is 0. The molecule has 0 aliphatic rings. The SMILES string of the molecule is CCC(C)NC(C)CC.CCCC(C)N(CC)CC.CCCCCCCCCC(C)C(=O)N(CC)CCN(CC)CC.CCN(CC)C(C)C.CCN(CC)CCO. The zero-order valence-corrected chi connectivity index (χ0v) is 43.7. The van der Waals surface area contributed by atoms with E-state index in [4.69, 9.17) is 5.11 Å². The van der Waals surface area contributed by atoms with Crippen LogP contribution in [-0.4, -0.2) is 145 Å². The molecule has 4 unspecified atom stereocenters. The highest BCUT2D eigenvalue weighted by atomic mass is 16.3. The van der Waals surface area contributed by atoms with Crippen molar-refractivity contribution >= 4 is 5.91 Å². The van der Waals surface area contributed by atoms with Crippen molar-refractivity contribution in [3.8, 4) is 0 Å². The van der Waals surface area contributed by atoms with Crippen LogP contribution in [0.25, 0.3) is 0 Å². The average molecular weight is 832 g/mol. The van der Waals surface area contributed by atoms with E-state index < -0.39 is 0 Å². The Morgan fingerprint density at radius 3 is 1.22 bits per heavy atom. The summed E-state index contributed by atoms with van der Waals surface area (Å²) in [6, 6.07) is 2.85. The standard InChI is InChI=1S/C20H42N2O.C9H21N.C8H19N.C7H17N.C6H15NO/c1-6-10-11-12-13-14-15-16-19(5)20(23)22(9-4)18-17-21(7-2)8-3;1-5-8-9(4)10(6-2)7-3;1-5-7(3)9-8(4)6-2;1-5-8(6-2)7(3)4;1-3-7(4-2)5-6-8/h19H,6-18H2,1-5H3;9H,5-8H2,1-4H3;7-9H,5-6H2,1-4H3;7H,5-6H2,1-4H3;8H,3-6H2,1-2H3. The summed E-state index contributed by atoms with van der Waals surface area (Å²) in [6.07, 6.45) is 15.4. The molecule has 0 saturated heterocycles. The lowest BCUT2D eigenvalue weighted by molar-refractivity contribution is -0.135. The van der Waals surface area contributed by atoms with Gasteiger partial charge in [-0.15, -0.1) is 0 Å². The summed E-state index contributed by atoms with van der Waals surface area (Å²) in [5.74, 6) is 0.535. The highest BCUT2D eigenvalue weighted by Crippen LogP contribution is 2.15. The van der Waals surface area contributed by atoms with E-state index in [0.29, 0.717) is 24.0 Å². The van der Waals surface area contributed by atoms with Crippen molar-refractivity contribution in [3.63, 3.8) is 0 Å². The first-order chi connectivity index (χ1) is 27.6. The van der Waals surface area contributed by atoms with Crippen LogP contribution in [0.2, 0.25) is 0 Å². The van der Waals surface area contributed by atoms with Crippen molar-refractivity contribution < 1.29 is 9.90 Å². The van der Waals surface area contributed by atoms with Gasteiger partial charge in [-0.05, 0) is 120 Å². The number of carbonyl (C=O) groups is 1. The smallest absolute Gasteiger partial charge is 0.225 e. The second kappa shape index (κ2) is 50.6. The molecule has 0 aromatic carbocycles. The third kappa shape index (κ3) is 43.3. The quantitative estimate of drug-likeness (QED) is 0.0675. The third-order valence-electron chi connectivity index (χ3n) is 11.7. The van der Waals surface area contributed by atoms with Crippen LogP contribution in [0.3, 0.4) is 0 Å². The Kier molecular flexibility index (Phi) is 57.9. The van der Waals surface area contributed by atoms with Crippen LogP contribution in [0.5, 0.6) is 0 Å². The average Bonchev–Trinajstić information content (AvgIpc) is 3.22. The van der Waals surface area contributed by atoms with Crippen LogP contribution in [-0.2, 0) is 4.79 Å². The Morgan fingerprint density at radius 2 is 0.914 bits per heavy atom. The number of nitrogens with zero attached hydrogens (tertiary/aromatic N) is 5. The number of hydrogen-bond donors (Lipinski definition) is 2. The zero-order valence-electron chi connectivity index (χ0n) is 43.7. The number of unbranched alkanes of at least 4 members (excludes halogenated alkanes) is 6. The number of rotatable bonds is 31. The molecule has 0 aromatic rings. The van der Waals surface area contributed by atoms with Gasteiger partial charge in [-0.1, -0.05) is 141 Å². The summed E-state index contributed by atoms with van der Waals surface area (Å²) in [5.41, 5.74) is 0. The summed E-state index contributed by atoms with van der Waals surface area (Å²) in [4.78, 5) is 24.1. The maximum Gasteiger partial charge on any atom is 0.225 e. The van der Waals surface area contributed by atoms with E-state index in [1.807, 2.05) is 4.90 Å². The van der Waals surface area contributed by atoms with E-state index >= 15 is 0 Å². The predicted molar refractivity (Wildman–Crippen MR) is 265 cm³/mol. The van der Waals surface area contributed by atoms with Gasteiger partial charge in [0.2, 0.25) is 5.91 Å². The molecule has 1 amide bonds. The summed E-state index contributed by atoms with van der Waals surface area (Å²) in [6.45, 7) is 54.5. The van der Waals surface area contributed by atoms with Crippen molar-refractivity contribution in [2.75, 3.05) is 85.1 Å². The third-order valence-corrected chi connectivity index (χ3v) is 11.7. The molecule has 8 nitrogen and oxygen atoms in total. The lowest BCUT2D eigenvalue weighted by Crippen LogP contribution is -2.40. The van der Waals surface area contributed by atoms with Crippen molar-refractivity contribution in [3.05, 3.63) is 0 Å². The molecule has 0 heterocycles. The fourth-order valence-corrected chi connectivity index (χ4v) is 6.87. The number of aliphatic hydroxyl groups excluding tert-OH is 1. The summed E-state index contributed by atoms with van der Waals surface area (Å²) in [5, 5.41) is 11.9. The molecule has 0 fully saturated rings. The van der Waals surface area contributed by atoms with E-state index in [1.165, 1.54) is 96.8 Å². The Bertz CT molecular complexity index is 748. The normalized spacial score (nSPS) is 13.1. The Balaban J connectivity index is -0.000000222. The number of aliphatic hydroxyl groups is 1. The van der Waals surface area contributed by atoms with Crippen LogP contribution < -0.4 is 5.32 Å². The van der Waals surface area contributed by atoms with Crippen molar-refractivity contribution in [2.45, 2.75) is 233 Å². The molecule has 4 atom stereocenters. The molecule has 0 bridgehead atoms. The molecule has 0 radical (unpaired) electrons. The fourth-order valence-electron chi connectivity index (χ4n) is 6.87. The maximum atomic E-state index is 12.6. The summed E-state index contributed by atoms with van der Waals surface area (Å²) < 4.78 is 0. The molecule has 2 N–H and O–H groups in total. The number of carbonyl (C=O) groups excluding carboxylic acids is 1. The molecule has 0 aromatic heterocycles. The second-order valence-corrected chi connectivity index (χ2v) is 16.5. The van der Waals surface area contributed by atoms with E-state index in [-0.39, 0.29) is 12.5 Å². The minimum Gasteiger partial charge on any atom is -0.395 e. The largest absolute Gasteiger partial charge is 0.395 e. The Morgan fingerprint density at radius 1 is 0.483 bits per heavy atom. The molecule has 0 saturated carbocycles. The molecule has 0 rings (SSSR count). The highest BCUT2D eigenvalue weighted by molar-refractivity contribution is 5.78. The lowest BCUT2D eigenvalue weighted by atomic mass is 10.0. The molecule has 0 aliphatic carbocycles. The maximum absolute atomic E-state index is 12.6. The van der Waals surface area contributed by atoms with E-state index in [2.05, 4.69) is 156 Å². The molecule has 0 spiro atoms. The second-order valence-electron chi connectivity index (χ2n) is 16.5. The van der Waals surface area contributed by atoms with Gasteiger partial charge in [-0.25, -0.2) is 0 Å². The van der Waals surface area contributed by atoms with Crippen LogP contribution in [0, 0.1) is 5.92 Å². The molecular formula is C50H114N6O2. The van der Waals surface area contributed by atoms with Gasteiger partial charge in [0.1, 0.15) is 0 Å². The number of nitrogens with one attached hydrogen (secondary N) is 1. The van der Waals surface area contributed by atoms with E-state index in [1.54, 1.807) is 0 Å². The van der Waals surface area contributed by atoms with Crippen LogP contribution in [0.15, 0.2) is 0 Å². The molecule has 0 aliphatic heterocycles. The van der Waals surface area contributed by atoms with Gasteiger partial charge in [-0.3, -0.25) is 4.79 Å². The van der Waals surface area contributed by atoms with Gasteiger partial charge in [-0.2, -0.15) is 0 Å². The number of amides is 1. The van der Waals surface area contributed by atoms with Crippen LogP contribution >= 0.6 is 0 Å². The number of hydrogen-bond acceptors (Lipinski definition) is 7. The lowest BCUT2D eigenvalue weighted by Gasteiger charge is -2.27. The van der Waals surface area contributed by atoms with Gasteiger partial charge in [0.15, 0.2) is 0 Å². The van der Waals surface area contributed by atoms with Gasteiger partial charge in [0, 0.05) is 56.3 Å². The fraction of sp³-hybridized carbons (Fsp3) is 0.980. The van der Waals surface area contributed by atoms with Crippen LogP contribution in [0.1, 0.15) is 209 Å². The van der Waals surface area contributed by atoms with Crippen molar-refractivity contribution in [1.29, 1.82) is 0 Å². The molecule has 356 valence electrons. The first kappa shape index (κ1) is 66.3. The first-order valence-electron chi connectivity index (χ1n) is 25.2. The van der Waals surface area contributed by atoms with Crippen LogP contribution in [0.4, 0.5) is 0 Å². The first-order valence-corrected chi connectivity index (χ1v) is 25.2. The van der Waals surface area contributed by atoms with Gasteiger partial charge >= 0.3 is 0 Å². The Labute approximate surface area is 368 Å². The molecular weight excluding hydrogens is 717 g/mol. The van der Waals surface area contributed by atoms with Gasteiger partial charge in [0.25, 0.3) is 0 Å². The van der Waals surface area contributed by atoms with E-state index in [9.17, 15) is 4.79 Å². The number of likely N-dealkylation sites (N-methyl/N-ethyl adjacent to an activating group) is 3. The predicted octanol–water partition coefficient (Wildman–Crippen LogP) is 11.7. The zero-order chi connectivity index (χ0) is 45.7. The topological polar surface area (TPSA) is 65.5 Å². The van der Waals surface area contributed by atoms with Crippen molar-refractivity contribution in [2.24, 2.45) is 5.92 Å². The minimum absolute atomic E-state index is 0.183. The van der Waals surface area contributed by atoms with Gasteiger partial charge in [0.05, 0.1) is 6.61 Å². The minimum atomic E-state index is 0.183. The highest BCUT2D eigenvalue weighted by Gasteiger charge is 2.19.